The van der Waals surface area contributed by atoms with E-state index in [1.165, 1.54) is 30.3 Å². The lowest BCUT2D eigenvalue weighted by molar-refractivity contribution is -0.122. The molecule has 2 aromatic rings. The average molecular weight is 410 g/mol. The van der Waals surface area contributed by atoms with E-state index in [1.54, 1.807) is 0 Å². The first-order chi connectivity index (χ1) is 13.8. The molecule has 0 saturated carbocycles. The zero-order chi connectivity index (χ0) is 21.4. The predicted molar refractivity (Wildman–Crippen MR) is 95.9 cm³/mol. The SMILES string of the molecule is NC(=O)CCN(C(=O)COC(=O)c1ccccc1OC(F)F)c1ccc(F)cc1. The first-order valence-corrected chi connectivity index (χ1v) is 8.33. The number of alkyl halides is 2. The highest BCUT2D eigenvalue weighted by atomic mass is 19.3. The number of benzene rings is 2. The summed E-state index contributed by atoms with van der Waals surface area (Å²) < 4.78 is 47.2. The fraction of sp³-hybridized carbons (Fsp3) is 0.211. The third kappa shape index (κ3) is 6.52. The van der Waals surface area contributed by atoms with Crippen molar-refractivity contribution in [3.63, 3.8) is 0 Å². The molecule has 0 aliphatic carbocycles. The molecule has 29 heavy (non-hydrogen) atoms. The molecule has 0 unspecified atom stereocenters. The second-order valence-corrected chi connectivity index (χ2v) is 5.69. The minimum atomic E-state index is -3.15. The Morgan fingerprint density at radius 3 is 2.31 bits per heavy atom. The van der Waals surface area contributed by atoms with Crippen molar-refractivity contribution in [2.45, 2.75) is 13.0 Å². The molecule has 0 fully saturated rings. The lowest BCUT2D eigenvalue weighted by Gasteiger charge is -2.22. The standard InChI is InChI=1S/C19H17F3N2O5/c20-12-5-7-13(8-6-12)24(10-9-16(23)25)17(26)11-28-18(27)14-3-1-2-4-15(14)29-19(21)22/h1-8,19H,9-11H2,(H2,23,25). The van der Waals surface area contributed by atoms with Crippen LogP contribution in [-0.2, 0) is 14.3 Å². The molecule has 0 saturated heterocycles. The summed E-state index contributed by atoms with van der Waals surface area (Å²) in [7, 11) is 0. The summed E-state index contributed by atoms with van der Waals surface area (Å²) in [5, 5.41) is 0. The molecule has 2 aromatic carbocycles. The number of halogens is 3. The van der Waals surface area contributed by atoms with Crippen molar-refractivity contribution in [3.05, 3.63) is 59.9 Å². The van der Waals surface area contributed by atoms with Crippen molar-refractivity contribution in [1.82, 2.24) is 0 Å². The van der Waals surface area contributed by atoms with Gasteiger partial charge in [0.1, 0.15) is 17.1 Å². The van der Waals surface area contributed by atoms with E-state index in [9.17, 15) is 27.6 Å². The number of ether oxygens (including phenoxy) is 2. The monoisotopic (exact) mass is 410 g/mol. The van der Waals surface area contributed by atoms with Crippen LogP contribution in [0.1, 0.15) is 16.8 Å². The lowest BCUT2D eigenvalue weighted by atomic mass is 10.2. The second-order valence-electron chi connectivity index (χ2n) is 5.69. The molecule has 7 nitrogen and oxygen atoms in total. The number of nitrogens with zero attached hydrogens (tertiary/aromatic N) is 1. The van der Waals surface area contributed by atoms with Gasteiger partial charge in [-0.1, -0.05) is 12.1 Å². The summed E-state index contributed by atoms with van der Waals surface area (Å²) >= 11 is 0. The average Bonchev–Trinajstić information content (AvgIpc) is 2.67. The van der Waals surface area contributed by atoms with Gasteiger partial charge in [-0.15, -0.1) is 0 Å². The van der Waals surface area contributed by atoms with Crippen LogP contribution in [0.4, 0.5) is 18.9 Å². The number of carbonyl (C=O) groups is 3. The Kier molecular flexibility index (Phi) is 7.58. The molecule has 0 bridgehead atoms. The molecule has 154 valence electrons. The summed E-state index contributed by atoms with van der Waals surface area (Å²) in [6.07, 6.45) is -0.178. The normalized spacial score (nSPS) is 10.5. The van der Waals surface area contributed by atoms with Gasteiger partial charge in [-0.05, 0) is 36.4 Å². The molecule has 2 amide bonds. The number of amides is 2. The quantitative estimate of drug-likeness (QED) is 0.641. The van der Waals surface area contributed by atoms with Gasteiger partial charge in [0, 0.05) is 18.7 Å². The number of anilines is 1. The highest BCUT2D eigenvalue weighted by Crippen LogP contribution is 2.21. The molecule has 2 N–H and O–H groups in total. The molecule has 0 heterocycles. The Balaban J connectivity index is 2.10. The van der Waals surface area contributed by atoms with Crippen molar-refractivity contribution >= 4 is 23.5 Å². The van der Waals surface area contributed by atoms with Crippen LogP contribution in [0.15, 0.2) is 48.5 Å². The Morgan fingerprint density at radius 2 is 1.69 bits per heavy atom. The molecule has 0 radical (unpaired) electrons. The van der Waals surface area contributed by atoms with E-state index in [4.69, 9.17) is 10.5 Å². The maximum absolute atomic E-state index is 13.1. The topological polar surface area (TPSA) is 98.9 Å². The Morgan fingerprint density at radius 1 is 1.03 bits per heavy atom. The lowest BCUT2D eigenvalue weighted by Crippen LogP contribution is -2.37. The maximum Gasteiger partial charge on any atom is 0.387 e. The Hall–Kier alpha value is -3.56. The van der Waals surface area contributed by atoms with Crippen LogP contribution in [-0.4, -0.2) is 37.5 Å². The van der Waals surface area contributed by atoms with Gasteiger partial charge in [0.05, 0.1) is 0 Å². The highest BCUT2D eigenvalue weighted by molar-refractivity contribution is 5.98. The maximum atomic E-state index is 13.1. The molecule has 10 heteroatoms. The van der Waals surface area contributed by atoms with Crippen molar-refractivity contribution in [2.24, 2.45) is 5.73 Å². The summed E-state index contributed by atoms with van der Waals surface area (Å²) in [5.74, 6) is -3.37. The van der Waals surface area contributed by atoms with E-state index >= 15 is 0 Å². The summed E-state index contributed by atoms with van der Waals surface area (Å²) in [5.41, 5.74) is 5.07. The van der Waals surface area contributed by atoms with Crippen molar-refractivity contribution in [3.8, 4) is 5.75 Å². The first-order valence-electron chi connectivity index (χ1n) is 8.33. The van der Waals surface area contributed by atoms with Gasteiger partial charge < -0.3 is 20.1 Å². The number of hydrogen-bond acceptors (Lipinski definition) is 5. The van der Waals surface area contributed by atoms with E-state index in [2.05, 4.69) is 4.74 Å². The molecular weight excluding hydrogens is 393 g/mol. The van der Waals surface area contributed by atoms with Gasteiger partial charge in [0.25, 0.3) is 5.91 Å². The van der Waals surface area contributed by atoms with E-state index in [0.717, 1.165) is 23.1 Å². The summed E-state index contributed by atoms with van der Waals surface area (Å²) in [6.45, 7) is -4.02. The number of primary amides is 1. The zero-order valence-corrected chi connectivity index (χ0v) is 15.0. The van der Waals surface area contributed by atoms with Crippen LogP contribution in [0.3, 0.4) is 0 Å². The van der Waals surface area contributed by atoms with E-state index in [1.807, 2.05) is 0 Å². The molecule has 2 rings (SSSR count). The van der Waals surface area contributed by atoms with Gasteiger partial charge in [-0.3, -0.25) is 9.59 Å². The van der Waals surface area contributed by atoms with Crippen LogP contribution in [0.25, 0.3) is 0 Å². The summed E-state index contributed by atoms with van der Waals surface area (Å²) in [6, 6.07) is 10.0. The number of carbonyl (C=O) groups excluding carboxylic acids is 3. The van der Waals surface area contributed by atoms with Gasteiger partial charge in [-0.2, -0.15) is 8.78 Å². The largest absolute Gasteiger partial charge is 0.452 e. The predicted octanol–water partition coefficient (Wildman–Crippen LogP) is 2.49. The van der Waals surface area contributed by atoms with Gasteiger partial charge in [0.2, 0.25) is 5.91 Å². The van der Waals surface area contributed by atoms with Crippen LogP contribution in [0.2, 0.25) is 0 Å². The zero-order valence-electron chi connectivity index (χ0n) is 15.0. The number of para-hydroxylation sites is 1. The van der Waals surface area contributed by atoms with Crippen molar-refractivity contribution in [1.29, 1.82) is 0 Å². The smallest absolute Gasteiger partial charge is 0.387 e. The molecule has 0 aromatic heterocycles. The molecule has 0 aliphatic rings. The number of nitrogens with two attached hydrogens (primary N) is 1. The van der Waals surface area contributed by atoms with Crippen LogP contribution < -0.4 is 15.4 Å². The second kappa shape index (κ2) is 10.1. The fourth-order valence-electron chi connectivity index (χ4n) is 2.36. The van der Waals surface area contributed by atoms with Crippen molar-refractivity contribution in [2.75, 3.05) is 18.1 Å². The van der Waals surface area contributed by atoms with E-state index in [-0.39, 0.29) is 24.2 Å². The summed E-state index contributed by atoms with van der Waals surface area (Å²) in [4.78, 5) is 36.8. The Labute approximate surface area is 163 Å². The molecule has 0 spiro atoms. The fourth-order valence-corrected chi connectivity index (χ4v) is 2.36. The Bertz CT molecular complexity index is 874. The number of hydrogen-bond donors (Lipinski definition) is 1. The van der Waals surface area contributed by atoms with E-state index in [0.29, 0.717) is 0 Å². The van der Waals surface area contributed by atoms with Gasteiger partial charge in [-0.25, -0.2) is 9.18 Å². The van der Waals surface area contributed by atoms with Gasteiger partial charge >= 0.3 is 12.6 Å². The number of rotatable bonds is 9. The van der Waals surface area contributed by atoms with Crippen molar-refractivity contribution < 1.29 is 37.0 Å². The van der Waals surface area contributed by atoms with Crippen LogP contribution >= 0.6 is 0 Å². The molecule has 0 atom stereocenters. The minimum absolute atomic E-state index is 0.123. The van der Waals surface area contributed by atoms with Gasteiger partial charge in [0.15, 0.2) is 6.61 Å². The first kappa shape index (κ1) is 21.7. The third-order valence-corrected chi connectivity index (χ3v) is 3.67. The van der Waals surface area contributed by atoms with E-state index < -0.39 is 42.6 Å². The van der Waals surface area contributed by atoms with Crippen LogP contribution in [0, 0.1) is 5.82 Å². The van der Waals surface area contributed by atoms with Crippen LogP contribution in [0.5, 0.6) is 5.75 Å². The number of esters is 1. The molecule has 0 aliphatic heterocycles. The minimum Gasteiger partial charge on any atom is -0.452 e. The third-order valence-electron chi connectivity index (χ3n) is 3.67. The molecular formula is C19H17F3N2O5. The highest BCUT2D eigenvalue weighted by Gasteiger charge is 2.21.